The minimum atomic E-state index is -0.219. The molecular weight excluding hydrogens is 319 g/mol. The molecule has 0 aromatic heterocycles. The molecule has 0 bridgehead atoms. The van der Waals surface area contributed by atoms with E-state index in [9.17, 15) is 4.39 Å². The first kappa shape index (κ1) is 13.4. The van der Waals surface area contributed by atoms with E-state index in [-0.39, 0.29) is 5.82 Å². The number of benzene rings is 2. The molecule has 0 saturated carbocycles. The molecule has 20 heavy (non-hydrogen) atoms. The summed E-state index contributed by atoms with van der Waals surface area (Å²) in [6.45, 7) is 1.76. The van der Waals surface area contributed by atoms with E-state index in [1.807, 2.05) is 18.2 Å². The Bertz CT molecular complexity index is 642. The summed E-state index contributed by atoms with van der Waals surface area (Å²) in [6.07, 6.45) is 2.23. The van der Waals surface area contributed by atoms with Gasteiger partial charge in [0.1, 0.15) is 5.82 Å². The summed E-state index contributed by atoms with van der Waals surface area (Å²) in [6, 6.07) is 10.9. The molecule has 1 aliphatic rings. The highest BCUT2D eigenvalue weighted by Crippen LogP contribution is 2.31. The van der Waals surface area contributed by atoms with Crippen LogP contribution in [-0.2, 0) is 13.0 Å². The normalized spacial score (nSPS) is 14.2. The molecule has 2 aromatic rings. The summed E-state index contributed by atoms with van der Waals surface area (Å²) < 4.78 is 14.0. The summed E-state index contributed by atoms with van der Waals surface area (Å²) in [5.74, 6) is -0.219. The van der Waals surface area contributed by atoms with Crippen LogP contribution < -0.4 is 10.6 Å². The zero-order valence-electron chi connectivity index (χ0n) is 11.1. The molecule has 104 valence electrons. The fraction of sp³-hybridized carbons (Fsp3) is 0.250. The maximum atomic E-state index is 13.2. The molecule has 0 amide bonds. The van der Waals surface area contributed by atoms with Crippen molar-refractivity contribution in [3.05, 3.63) is 57.8 Å². The Balaban J connectivity index is 1.91. The van der Waals surface area contributed by atoms with Gasteiger partial charge in [-0.05, 0) is 48.2 Å². The molecule has 1 aliphatic heterocycles. The van der Waals surface area contributed by atoms with E-state index in [1.165, 1.54) is 23.4 Å². The van der Waals surface area contributed by atoms with Crippen molar-refractivity contribution in [2.24, 2.45) is 0 Å². The fourth-order valence-electron chi connectivity index (χ4n) is 2.69. The van der Waals surface area contributed by atoms with Gasteiger partial charge < -0.3 is 10.6 Å². The predicted octanol–water partition coefficient (Wildman–Crippen LogP) is 4.12. The molecule has 2 aromatic carbocycles. The van der Waals surface area contributed by atoms with Crippen LogP contribution in [0, 0.1) is 5.82 Å². The van der Waals surface area contributed by atoms with Gasteiger partial charge in [0.2, 0.25) is 0 Å². The van der Waals surface area contributed by atoms with Crippen LogP contribution >= 0.6 is 15.9 Å². The molecule has 3 rings (SSSR count). The summed E-state index contributed by atoms with van der Waals surface area (Å²) in [4.78, 5) is 2.31. The van der Waals surface area contributed by atoms with Crippen LogP contribution in [0.2, 0.25) is 0 Å². The van der Waals surface area contributed by atoms with E-state index in [2.05, 4.69) is 26.9 Å². The summed E-state index contributed by atoms with van der Waals surface area (Å²) in [5, 5.41) is 0. The molecule has 1 heterocycles. The van der Waals surface area contributed by atoms with Gasteiger partial charge in [0.05, 0.1) is 0 Å². The number of aryl methyl sites for hydroxylation is 1. The molecule has 0 fully saturated rings. The molecule has 2 nitrogen and oxygen atoms in total. The maximum Gasteiger partial charge on any atom is 0.124 e. The Morgan fingerprint density at radius 1 is 1.20 bits per heavy atom. The van der Waals surface area contributed by atoms with E-state index in [4.69, 9.17) is 5.73 Å². The van der Waals surface area contributed by atoms with Gasteiger partial charge in [-0.1, -0.05) is 28.1 Å². The standard InChI is InChI=1S/C16H16BrFN2/c17-15-8-13(18)5-3-12(15)10-20-7-1-2-11-4-6-14(19)9-16(11)20/h3-6,8-9H,1-2,7,10,19H2. The highest BCUT2D eigenvalue weighted by Gasteiger charge is 2.18. The Morgan fingerprint density at radius 2 is 2.05 bits per heavy atom. The molecule has 0 saturated heterocycles. The van der Waals surface area contributed by atoms with Crippen LogP contribution in [0.3, 0.4) is 0 Å². The van der Waals surface area contributed by atoms with Crippen LogP contribution in [0.25, 0.3) is 0 Å². The smallest absolute Gasteiger partial charge is 0.124 e. The monoisotopic (exact) mass is 334 g/mol. The molecule has 0 unspecified atom stereocenters. The summed E-state index contributed by atoms with van der Waals surface area (Å²) >= 11 is 3.44. The van der Waals surface area contributed by atoms with E-state index in [0.29, 0.717) is 0 Å². The Morgan fingerprint density at radius 3 is 2.85 bits per heavy atom. The van der Waals surface area contributed by atoms with Crippen molar-refractivity contribution in [2.75, 3.05) is 17.2 Å². The molecule has 0 aliphatic carbocycles. The quantitative estimate of drug-likeness (QED) is 0.837. The first-order valence-corrected chi connectivity index (χ1v) is 7.50. The number of fused-ring (bicyclic) bond motifs is 1. The topological polar surface area (TPSA) is 29.3 Å². The molecular formula is C16H16BrFN2. The molecule has 0 spiro atoms. The van der Waals surface area contributed by atoms with E-state index in [1.54, 1.807) is 0 Å². The first-order chi connectivity index (χ1) is 9.63. The number of anilines is 2. The summed E-state index contributed by atoms with van der Waals surface area (Å²) in [5.41, 5.74) is 10.3. The van der Waals surface area contributed by atoms with Crippen LogP contribution in [0.15, 0.2) is 40.9 Å². The van der Waals surface area contributed by atoms with Gasteiger partial charge in [-0.2, -0.15) is 0 Å². The SMILES string of the molecule is Nc1ccc2c(c1)N(Cc1ccc(F)cc1Br)CCC2. The third kappa shape index (κ3) is 2.66. The molecule has 0 radical (unpaired) electrons. The number of rotatable bonds is 2. The third-order valence-electron chi connectivity index (χ3n) is 3.70. The zero-order valence-corrected chi connectivity index (χ0v) is 12.7. The summed E-state index contributed by atoms with van der Waals surface area (Å²) in [7, 11) is 0. The lowest BCUT2D eigenvalue weighted by Gasteiger charge is -2.32. The number of halogens is 2. The van der Waals surface area contributed by atoms with Gasteiger partial charge in [0, 0.05) is 28.9 Å². The molecule has 4 heteroatoms. The van der Waals surface area contributed by atoms with Crippen LogP contribution in [0.4, 0.5) is 15.8 Å². The van der Waals surface area contributed by atoms with E-state index < -0.39 is 0 Å². The second-order valence-electron chi connectivity index (χ2n) is 5.15. The second kappa shape index (κ2) is 5.44. The van der Waals surface area contributed by atoms with Crippen molar-refractivity contribution >= 4 is 27.3 Å². The minimum Gasteiger partial charge on any atom is -0.399 e. The number of nitrogen functional groups attached to an aromatic ring is 1. The lowest BCUT2D eigenvalue weighted by molar-refractivity contribution is 0.624. The number of hydrogen-bond acceptors (Lipinski definition) is 2. The van der Waals surface area contributed by atoms with Crippen molar-refractivity contribution in [1.82, 2.24) is 0 Å². The van der Waals surface area contributed by atoms with Gasteiger partial charge >= 0.3 is 0 Å². The number of nitrogens with zero attached hydrogens (tertiary/aromatic N) is 1. The first-order valence-electron chi connectivity index (χ1n) is 6.71. The van der Waals surface area contributed by atoms with Crippen LogP contribution in [0.5, 0.6) is 0 Å². The second-order valence-corrected chi connectivity index (χ2v) is 6.00. The highest BCUT2D eigenvalue weighted by atomic mass is 79.9. The van der Waals surface area contributed by atoms with Crippen LogP contribution in [-0.4, -0.2) is 6.54 Å². The van der Waals surface area contributed by atoms with E-state index in [0.717, 1.165) is 41.7 Å². The predicted molar refractivity (Wildman–Crippen MR) is 84.3 cm³/mol. The average Bonchev–Trinajstić information content (AvgIpc) is 2.42. The third-order valence-corrected chi connectivity index (χ3v) is 4.44. The van der Waals surface area contributed by atoms with Gasteiger partial charge in [-0.25, -0.2) is 4.39 Å². The van der Waals surface area contributed by atoms with Crippen LogP contribution in [0.1, 0.15) is 17.5 Å². The largest absolute Gasteiger partial charge is 0.399 e. The van der Waals surface area contributed by atoms with Crippen molar-refractivity contribution in [1.29, 1.82) is 0 Å². The Labute approximate surface area is 126 Å². The lowest BCUT2D eigenvalue weighted by atomic mass is 10.0. The Hall–Kier alpha value is -1.55. The van der Waals surface area contributed by atoms with Gasteiger partial charge in [-0.3, -0.25) is 0 Å². The number of hydrogen-bond donors (Lipinski definition) is 1. The van der Waals surface area contributed by atoms with Crippen molar-refractivity contribution in [2.45, 2.75) is 19.4 Å². The van der Waals surface area contributed by atoms with Gasteiger partial charge in [0.15, 0.2) is 0 Å². The zero-order chi connectivity index (χ0) is 14.1. The molecule has 0 atom stereocenters. The van der Waals surface area contributed by atoms with Gasteiger partial charge in [0.25, 0.3) is 0 Å². The fourth-order valence-corrected chi connectivity index (χ4v) is 3.16. The maximum absolute atomic E-state index is 13.2. The minimum absolute atomic E-state index is 0.219. The van der Waals surface area contributed by atoms with Gasteiger partial charge in [-0.15, -0.1) is 0 Å². The lowest BCUT2D eigenvalue weighted by Crippen LogP contribution is -2.29. The van der Waals surface area contributed by atoms with Crippen molar-refractivity contribution in [3.8, 4) is 0 Å². The average molecular weight is 335 g/mol. The number of nitrogens with two attached hydrogens (primary N) is 1. The highest BCUT2D eigenvalue weighted by molar-refractivity contribution is 9.10. The van der Waals surface area contributed by atoms with Crippen molar-refractivity contribution < 1.29 is 4.39 Å². The molecule has 2 N–H and O–H groups in total. The van der Waals surface area contributed by atoms with E-state index >= 15 is 0 Å². The Kier molecular flexibility index (Phi) is 3.66. The van der Waals surface area contributed by atoms with Crippen molar-refractivity contribution in [3.63, 3.8) is 0 Å².